The highest BCUT2D eigenvalue weighted by molar-refractivity contribution is 6.02. The van der Waals surface area contributed by atoms with Gasteiger partial charge in [0.25, 0.3) is 0 Å². The number of hydrogen-bond acceptors (Lipinski definition) is 3. The van der Waals surface area contributed by atoms with Crippen LogP contribution in [0.15, 0.2) is 65.9 Å². The molecule has 1 N–H and O–H groups in total. The number of para-hydroxylation sites is 1. The van der Waals surface area contributed by atoms with Gasteiger partial charge in [0.05, 0.1) is 6.10 Å². The molecule has 1 aliphatic carbocycles. The summed E-state index contributed by atoms with van der Waals surface area (Å²) in [6.07, 6.45) is 2.41. The van der Waals surface area contributed by atoms with Crippen molar-refractivity contribution >= 4 is 11.7 Å². The summed E-state index contributed by atoms with van der Waals surface area (Å²) in [5, 5.41) is 3.00. The zero-order valence-electron chi connectivity index (χ0n) is 17.0. The average Bonchev–Trinajstić information content (AvgIpc) is 2.73. The quantitative estimate of drug-likeness (QED) is 0.794. The summed E-state index contributed by atoms with van der Waals surface area (Å²) in [6.45, 7) is 4.11. The number of ketones is 1. The molecule has 0 bridgehead atoms. The molecule has 0 saturated carbocycles. The number of rotatable bonds is 5. The predicted octanol–water partition coefficient (Wildman–Crippen LogP) is 4.87. The van der Waals surface area contributed by atoms with Crippen LogP contribution in [0.2, 0.25) is 0 Å². The average molecular weight is 389 g/mol. The van der Waals surface area contributed by atoms with Crippen molar-refractivity contribution in [3.8, 4) is 5.75 Å². The highest BCUT2D eigenvalue weighted by Crippen LogP contribution is 2.44. The Bertz CT molecular complexity index is 948. The molecule has 3 atom stereocenters. The van der Waals surface area contributed by atoms with Crippen molar-refractivity contribution in [2.75, 3.05) is 0 Å². The van der Waals surface area contributed by atoms with Gasteiger partial charge >= 0.3 is 0 Å². The monoisotopic (exact) mass is 389 g/mol. The summed E-state index contributed by atoms with van der Waals surface area (Å²) in [4.78, 5) is 25.8. The molecule has 1 aliphatic heterocycles. The fraction of sp³-hybridized carbons (Fsp3) is 0.360. The van der Waals surface area contributed by atoms with E-state index >= 15 is 0 Å². The molecule has 2 aromatic rings. The Balaban J connectivity index is 1.71. The zero-order valence-corrected chi connectivity index (χ0v) is 17.0. The van der Waals surface area contributed by atoms with Gasteiger partial charge in [0.15, 0.2) is 5.78 Å². The molecule has 2 aliphatic rings. The lowest BCUT2D eigenvalue weighted by molar-refractivity contribution is -0.122. The van der Waals surface area contributed by atoms with Gasteiger partial charge in [-0.25, -0.2) is 0 Å². The summed E-state index contributed by atoms with van der Waals surface area (Å²) in [6, 6.07) is 17.9. The highest BCUT2D eigenvalue weighted by Gasteiger charge is 2.39. The van der Waals surface area contributed by atoms with Crippen LogP contribution in [0.3, 0.4) is 0 Å². The summed E-state index contributed by atoms with van der Waals surface area (Å²) in [5.41, 5.74) is 3.62. The molecular formula is C25H27NO3. The van der Waals surface area contributed by atoms with Crippen molar-refractivity contribution in [3.63, 3.8) is 0 Å². The Kier molecular flexibility index (Phi) is 5.52. The summed E-state index contributed by atoms with van der Waals surface area (Å²) in [7, 11) is 0. The maximum absolute atomic E-state index is 13.2. The number of allylic oxidation sites excluding steroid dienone is 2. The van der Waals surface area contributed by atoms with E-state index in [0.29, 0.717) is 12.8 Å². The largest absolute Gasteiger partial charge is 0.490 e. The maximum atomic E-state index is 13.2. The second kappa shape index (κ2) is 8.24. The van der Waals surface area contributed by atoms with Crippen LogP contribution >= 0.6 is 0 Å². The number of ether oxygens (including phenoxy) is 1. The minimum Gasteiger partial charge on any atom is -0.490 e. The summed E-state index contributed by atoms with van der Waals surface area (Å²) >= 11 is 0. The van der Waals surface area contributed by atoms with Crippen molar-refractivity contribution in [3.05, 3.63) is 77.0 Å². The van der Waals surface area contributed by atoms with Crippen molar-refractivity contribution < 1.29 is 14.3 Å². The van der Waals surface area contributed by atoms with E-state index in [2.05, 4.69) is 24.4 Å². The van der Waals surface area contributed by atoms with Crippen LogP contribution in [0.1, 0.15) is 62.5 Å². The molecule has 0 saturated heterocycles. The van der Waals surface area contributed by atoms with Gasteiger partial charge in [-0.15, -0.1) is 0 Å². The third-order valence-electron chi connectivity index (χ3n) is 6.00. The maximum Gasteiger partial charge on any atom is 0.225 e. The molecule has 0 radical (unpaired) electrons. The molecule has 2 aromatic carbocycles. The Hall–Kier alpha value is -2.88. The van der Waals surface area contributed by atoms with Gasteiger partial charge in [-0.05, 0) is 37.3 Å². The molecule has 0 spiro atoms. The van der Waals surface area contributed by atoms with Crippen molar-refractivity contribution in [2.24, 2.45) is 0 Å². The molecule has 1 amide bonds. The van der Waals surface area contributed by atoms with Gasteiger partial charge in [-0.2, -0.15) is 0 Å². The van der Waals surface area contributed by atoms with Gasteiger partial charge < -0.3 is 10.1 Å². The fourth-order valence-corrected chi connectivity index (χ4v) is 4.36. The predicted molar refractivity (Wildman–Crippen MR) is 113 cm³/mol. The van der Waals surface area contributed by atoms with E-state index < -0.39 is 0 Å². The number of carbonyl (C=O) groups is 2. The van der Waals surface area contributed by atoms with Crippen LogP contribution in [-0.2, 0) is 9.59 Å². The summed E-state index contributed by atoms with van der Waals surface area (Å²) in [5.74, 6) is 0.722. The highest BCUT2D eigenvalue weighted by atomic mass is 16.5. The first-order valence-corrected chi connectivity index (χ1v) is 10.4. The standard InChI is InChI=1S/C25H27NO3/c1-3-16(2)29-23-12-8-7-11-19(23)20-15-24(28)26-21-13-18(14-22(27)25(20)21)17-9-5-4-6-10-17/h4-12,16,18,20H,3,13-15H2,1-2H3,(H,26,28). The van der Waals surface area contributed by atoms with Crippen LogP contribution in [-0.4, -0.2) is 17.8 Å². The third kappa shape index (κ3) is 3.98. The number of carbonyl (C=O) groups excluding carboxylic acids is 2. The minimum absolute atomic E-state index is 0.0337. The minimum atomic E-state index is -0.247. The van der Waals surface area contributed by atoms with Crippen LogP contribution in [0.25, 0.3) is 0 Å². The van der Waals surface area contributed by atoms with Gasteiger partial charge in [-0.3, -0.25) is 9.59 Å². The first kappa shape index (κ1) is 19.4. The molecule has 4 rings (SSSR count). The lowest BCUT2D eigenvalue weighted by Crippen LogP contribution is -2.38. The lowest BCUT2D eigenvalue weighted by Gasteiger charge is -2.35. The van der Waals surface area contributed by atoms with E-state index in [0.717, 1.165) is 34.6 Å². The van der Waals surface area contributed by atoms with Crippen molar-refractivity contribution in [1.82, 2.24) is 5.32 Å². The Morgan fingerprint density at radius 3 is 2.48 bits per heavy atom. The normalized spacial score (nSPS) is 22.7. The molecule has 150 valence electrons. The summed E-state index contributed by atoms with van der Waals surface area (Å²) < 4.78 is 6.12. The van der Waals surface area contributed by atoms with Gasteiger partial charge in [0.2, 0.25) is 5.91 Å². The number of Topliss-reactive ketones (excluding diaryl/α,β-unsaturated/α-hetero) is 1. The second-order valence-corrected chi connectivity index (χ2v) is 8.01. The molecule has 29 heavy (non-hydrogen) atoms. The number of nitrogens with one attached hydrogen (secondary N) is 1. The SMILES string of the molecule is CCC(C)Oc1ccccc1C1CC(=O)NC2=C1C(=O)CC(c1ccccc1)C2. The molecule has 4 nitrogen and oxygen atoms in total. The van der Waals surface area contributed by atoms with E-state index in [1.807, 2.05) is 49.4 Å². The molecule has 4 heteroatoms. The van der Waals surface area contributed by atoms with E-state index in [9.17, 15) is 9.59 Å². The molecular weight excluding hydrogens is 362 g/mol. The number of amides is 1. The molecule has 3 unspecified atom stereocenters. The topological polar surface area (TPSA) is 55.4 Å². The van der Waals surface area contributed by atoms with Crippen LogP contribution in [0, 0.1) is 0 Å². The number of benzene rings is 2. The second-order valence-electron chi connectivity index (χ2n) is 8.01. The van der Waals surface area contributed by atoms with E-state index in [4.69, 9.17) is 4.74 Å². The first-order chi connectivity index (χ1) is 14.1. The first-order valence-electron chi connectivity index (χ1n) is 10.4. The Labute approximate surface area is 172 Å². The van der Waals surface area contributed by atoms with E-state index in [-0.39, 0.29) is 36.1 Å². The Morgan fingerprint density at radius 2 is 1.72 bits per heavy atom. The number of hydrogen-bond donors (Lipinski definition) is 1. The van der Waals surface area contributed by atoms with Gasteiger partial charge in [0, 0.05) is 35.6 Å². The Morgan fingerprint density at radius 1 is 1.00 bits per heavy atom. The van der Waals surface area contributed by atoms with E-state index in [1.165, 1.54) is 0 Å². The third-order valence-corrected chi connectivity index (χ3v) is 6.00. The molecule has 1 heterocycles. The molecule has 0 fully saturated rings. The van der Waals surface area contributed by atoms with Crippen molar-refractivity contribution in [1.29, 1.82) is 0 Å². The lowest BCUT2D eigenvalue weighted by atomic mass is 9.73. The van der Waals surface area contributed by atoms with Gasteiger partial charge in [0.1, 0.15) is 5.75 Å². The van der Waals surface area contributed by atoms with Crippen LogP contribution in [0.5, 0.6) is 5.75 Å². The smallest absolute Gasteiger partial charge is 0.225 e. The van der Waals surface area contributed by atoms with Crippen LogP contribution in [0.4, 0.5) is 0 Å². The van der Waals surface area contributed by atoms with Gasteiger partial charge in [-0.1, -0.05) is 55.5 Å². The zero-order chi connectivity index (χ0) is 20.4. The van der Waals surface area contributed by atoms with E-state index in [1.54, 1.807) is 0 Å². The fourth-order valence-electron chi connectivity index (χ4n) is 4.36. The van der Waals surface area contributed by atoms with Crippen LogP contribution < -0.4 is 10.1 Å². The van der Waals surface area contributed by atoms with Crippen molar-refractivity contribution in [2.45, 2.75) is 57.5 Å². The molecule has 0 aromatic heterocycles.